The normalized spacial score (nSPS) is 12.5. The van der Waals surface area contributed by atoms with Crippen molar-refractivity contribution in [1.29, 1.82) is 5.26 Å². The second-order valence-electron chi connectivity index (χ2n) is 9.50. The van der Waals surface area contributed by atoms with Crippen LogP contribution >= 0.6 is 0 Å². The molecule has 3 aromatic heterocycles. The molecule has 0 radical (unpaired) electrons. The topological polar surface area (TPSA) is 183 Å². The van der Waals surface area contributed by atoms with Gasteiger partial charge in [-0.1, -0.05) is 36.8 Å². The fourth-order valence-corrected chi connectivity index (χ4v) is 4.44. The summed E-state index contributed by atoms with van der Waals surface area (Å²) < 4.78 is 1.66. The Labute approximate surface area is 226 Å². The Morgan fingerprint density at radius 1 is 1.08 bits per heavy atom. The molecule has 5 N–H and O–H groups in total. The van der Waals surface area contributed by atoms with Gasteiger partial charge in [0.2, 0.25) is 5.95 Å². The minimum absolute atomic E-state index is 0.0165. The van der Waals surface area contributed by atoms with Crippen LogP contribution in [-0.2, 0) is 11.3 Å². The fraction of sp³-hybridized carbons (Fsp3) is 0.321. The summed E-state index contributed by atoms with van der Waals surface area (Å²) in [5, 5.41) is 27.3. The van der Waals surface area contributed by atoms with E-state index in [-0.39, 0.29) is 11.9 Å². The molecule has 0 aliphatic carbocycles. The summed E-state index contributed by atoms with van der Waals surface area (Å²) in [6.07, 6.45) is 4.50. The number of anilines is 1. The third-order valence-electron chi connectivity index (χ3n) is 6.48. The summed E-state index contributed by atoms with van der Waals surface area (Å²) in [7, 11) is 0. The number of carboxylic acids is 1. The zero-order valence-electron chi connectivity index (χ0n) is 21.7. The van der Waals surface area contributed by atoms with Crippen molar-refractivity contribution in [3.8, 4) is 28.7 Å². The van der Waals surface area contributed by atoms with Gasteiger partial charge in [-0.15, -0.1) is 5.10 Å². The summed E-state index contributed by atoms with van der Waals surface area (Å²) >= 11 is 0. The van der Waals surface area contributed by atoms with Gasteiger partial charge in [0.25, 0.3) is 0 Å². The number of nitriles is 1. The molecule has 0 saturated carbocycles. The van der Waals surface area contributed by atoms with E-state index in [1.54, 1.807) is 35.1 Å². The van der Waals surface area contributed by atoms with Crippen LogP contribution < -0.4 is 11.5 Å². The number of nitrogen functional groups attached to an aromatic ring is 1. The molecule has 0 spiro atoms. The highest BCUT2D eigenvalue weighted by atomic mass is 16.4. The second kappa shape index (κ2) is 12.7. The van der Waals surface area contributed by atoms with Crippen molar-refractivity contribution in [3.63, 3.8) is 0 Å². The second-order valence-corrected chi connectivity index (χ2v) is 9.50. The minimum Gasteiger partial charge on any atom is -0.481 e. The highest BCUT2D eigenvalue weighted by Gasteiger charge is 2.22. The molecule has 11 heteroatoms. The highest BCUT2D eigenvalue weighted by Crippen LogP contribution is 2.26. The van der Waals surface area contributed by atoms with Crippen molar-refractivity contribution in [2.45, 2.75) is 45.1 Å². The Balaban J connectivity index is 1.48. The molecule has 0 aliphatic rings. The van der Waals surface area contributed by atoms with Crippen LogP contribution in [0.15, 0.2) is 54.7 Å². The van der Waals surface area contributed by atoms with Crippen LogP contribution in [0.3, 0.4) is 0 Å². The molecule has 200 valence electrons. The van der Waals surface area contributed by atoms with E-state index < -0.39 is 11.9 Å². The largest absolute Gasteiger partial charge is 0.481 e. The summed E-state index contributed by atoms with van der Waals surface area (Å²) in [6.45, 7) is 2.95. The fourth-order valence-electron chi connectivity index (χ4n) is 4.44. The first kappa shape index (κ1) is 27.3. The van der Waals surface area contributed by atoms with Gasteiger partial charge in [-0.25, -0.2) is 14.6 Å². The van der Waals surface area contributed by atoms with Crippen LogP contribution in [0.25, 0.3) is 22.6 Å². The summed E-state index contributed by atoms with van der Waals surface area (Å²) in [5.74, 6) is -1.14. The quantitative estimate of drug-likeness (QED) is 0.231. The van der Waals surface area contributed by atoms with E-state index in [1.807, 2.05) is 31.2 Å². The Morgan fingerprint density at radius 2 is 1.87 bits per heavy atom. The van der Waals surface area contributed by atoms with Crippen molar-refractivity contribution in [2.24, 2.45) is 11.7 Å². The maximum absolute atomic E-state index is 11.7. The van der Waals surface area contributed by atoms with E-state index in [9.17, 15) is 15.2 Å². The predicted molar refractivity (Wildman–Crippen MR) is 146 cm³/mol. The minimum atomic E-state index is -0.781. The predicted octanol–water partition coefficient (Wildman–Crippen LogP) is 3.62. The molecular weight excluding hydrogens is 494 g/mol. The molecule has 0 saturated heterocycles. The number of carbonyl (C=O) groups is 1. The molecule has 3 heterocycles. The summed E-state index contributed by atoms with van der Waals surface area (Å²) in [4.78, 5) is 25.1. The van der Waals surface area contributed by atoms with Crippen molar-refractivity contribution in [3.05, 3.63) is 71.7 Å². The van der Waals surface area contributed by atoms with Gasteiger partial charge in [0.05, 0.1) is 47.4 Å². The van der Waals surface area contributed by atoms with Crippen LogP contribution in [0.1, 0.15) is 55.5 Å². The van der Waals surface area contributed by atoms with Gasteiger partial charge >= 0.3 is 5.97 Å². The highest BCUT2D eigenvalue weighted by molar-refractivity contribution is 5.70. The first-order valence-corrected chi connectivity index (χ1v) is 12.8. The number of hydrogen-bond acceptors (Lipinski definition) is 9. The molecule has 11 nitrogen and oxygen atoms in total. The standard InChI is InChI=1S/C28H31N9O2/c1-18(12-21(27(38)39)7-2-3-11-29)23-10-5-9-22(32-23)16-37-17-26(35-36-37)25-14-24(33-28(31)34-25)20-8-4-6-19(13-20)15-30/h4-6,8-10,13-14,17-18,21H,2-3,7,11-12,16,29H2,1H3,(H,38,39)(H2,31,33,34)/t18-,21-/m1/s1. The molecule has 0 fully saturated rings. The number of aromatic nitrogens is 6. The molecule has 0 aliphatic heterocycles. The van der Waals surface area contributed by atoms with Gasteiger partial charge in [0.1, 0.15) is 5.69 Å². The van der Waals surface area contributed by atoms with Crippen molar-refractivity contribution in [1.82, 2.24) is 29.9 Å². The lowest BCUT2D eigenvalue weighted by Gasteiger charge is -2.18. The van der Waals surface area contributed by atoms with E-state index in [1.165, 1.54) is 0 Å². The van der Waals surface area contributed by atoms with E-state index in [0.29, 0.717) is 48.6 Å². The van der Waals surface area contributed by atoms with Crippen molar-refractivity contribution < 1.29 is 9.90 Å². The van der Waals surface area contributed by atoms with Crippen LogP contribution in [0.2, 0.25) is 0 Å². The van der Waals surface area contributed by atoms with Crippen molar-refractivity contribution in [2.75, 3.05) is 12.3 Å². The maximum Gasteiger partial charge on any atom is 0.306 e. The number of unbranched alkanes of at least 4 members (excludes halogenated alkanes) is 1. The molecular formula is C28H31N9O2. The first-order valence-electron chi connectivity index (χ1n) is 12.8. The lowest BCUT2D eigenvalue weighted by atomic mass is 9.89. The first-order chi connectivity index (χ1) is 18.9. The number of carboxylic acid groups (broad SMARTS) is 1. The maximum atomic E-state index is 11.7. The third kappa shape index (κ3) is 7.21. The molecule has 4 rings (SSSR count). The Kier molecular flexibility index (Phi) is 8.91. The van der Waals surface area contributed by atoms with Crippen molar-refractivity contribution >= 4 is 11.9 Å². The molecule has 2 atom stereocenters. The molecule has 39 heavy (non-hydrogen) atoms. The third-order valence-corrected chi connectivity index (χ3v) is 6.48. The van der Waals surface area contributed by atoms with Crippen LogP contribution in [0, 0.1) is 17.2 Å². The number of nitrogens with zero attached hydrogens (tertiary/aromatic N) is 7. The SMILES string of the molecule is C[C@H](C[C@@H](CCCCN)C(=O)O)c1cccc(Cn2cc(-c3cc(-c4cccc(C#N)c4)nc(N)n3)nn2)n1. The summed E-state index contributed by atoms with van der Waals surface area (Å²) in [6, 6.07) is 16.7. The zero-order valence-corrected chi connectivity index (χ0v) is 21.7. The lowest BCUT2D eigenvalue weighted by molar-refractivity contribution is -0.142. The number of hydrogen-bond donors (Lipinski definition) is 3. The van der Waals surface area contributed by atoms with Gasteiger partial charge in [0.15, 0.2) is 0 Å². The van der Waals surface area contributed by atoms with Gasteiger partial charge in [0, 0.05) is 11.3 Å². The Bertz CT molecular complexity index is 1480. The molecule has 0 bridgehead atoms. The average Bonchev–Trinajstić information content (AvgIpc) is 3.40. The van der Waals surface area contributed by atoms with E-state index in [0.717, 1.165) is 29.8 Å². The van der Waals surface area contributed by atoms with Gasteiger partial charge in [-0.05, 0) is 62.1 Å². The number of aliphatic carboxylic acids is 1. The molecule has 0 amide bonds. The molecule has 0 unspecified atom stereocenters. The van der Waals surface area contributed by atoms with Crippen LogP contribution in [0.5, 0.6) is 0 Å². The molecule has 1 aromatic carbocycles. The van der Waals surface area contributed by atoms with Gasteiger partial charge in [-0.3, -0.25) is 9.78 Å². The van der Waals surface area contributed by atoms with Crippen LogP contribution in [-0.4, -0.2) is 47.6 Å². The van der Waals surface area contributed by atoms with E-state index in [2.05, 4.69) is 26.3 Å². The number of nitrogens with two attached hydrogens (primary N) is 2. The average molecular weight is 526 g/mol. The molecule has 4 aromatic rings. The number of rotatable bonds is 12. The lowest BCUT2D eigenvalue weighted by Crippen LogP contribution is -2.17. The Hall–Kier alpha value is -4.69. The monoisotopic (exact) mass is 525 g/mol. The van der Waals surface area contributed by atoms with E-state index >= 15 is 0 Å². The number of benzene rings is 1. The smallest absolute Gasteiger partial charge is 0.306 e. The van der Waals surface area contributed by atoms with Crippen LogP contribution in [0.4, 0.5) is 5.95 Å². The van der Waals surface area contributed by atoms with E-state index in [4.69, 9.17) is 16.5 Å². The number of pyridine rings is 1. The zero-order chi connectivity index (χ0) is 27.8. The Morgan fingerprint density at radius 3 is 2.64 bits per heavy atom. The van der Waals surface area contributed by atoms with Gasteiger partial charge in [-0.2, -0.15) is 5.26 Å². The van der Waals surface area contributed by atoms with Gasteiger partial charge < -0.3 is 16.6 Å². The summed E-state index contributed by atoms with van der Waals surface area (Å²) in [5.41, 5.74) is 16.0.